The smallest absolute Gasteiger partial charge is 0.302 e. The number of nitrogens with zero attached hydrogens (tertiary/aromatic N) is 3. The van der Waals surface area contributed by atoms with E-state index in [-0.39, 0.29) is 17.3 Å². The van der Waals surface area contributed by atoms with Gasteiger partial charge in [-0.1, -0.05) is 48.5 Å². The van der Waals surface area contributed by atoms with Gasteiger partial charge in [-0.2, -0.15) is 0 Å². The second-order valence-corrected chi connectivity index (χ2v) is 8.74. The summed E-state index contributed by atoms with van der Waals surface area (Å²) >= 11 is 0. The quantitative estimate of drug-likeness (QED) is 0.201. The van der Waals surface area contributed by atoms with Crippen molar-refractivity contribution >= 4 is 45.2 Å². The molecule has 9 heteroatoms. The number of methoxy groups -OCH3 is 2. The van der Waals surface area contributed by atoms with Gasteiger partial charge in [0.05, 0.1) is 36.5 Å². The summed E-state index contributed by atoms with van der Waals surface area (Å²) in [6.07, 6.45) is 1.57. The Balaban J connectivity index is 1.58. The molecular weight excluding hydrogens is 484 g/mol. The lowest BCUT2D eigenvalue weighted by Gasteiger charge is -2.22. The van der Waals surface area contributed by atoms with Gasteiger partial charge in [-0.15, -0.1) is 0 Å². The molecule has 188 valence electrons. The fraction of sp³-hybridized carbons (Fsp3) is 0.103. The van der Waals surface area contributed by atoms with E-state index in [0.717, 1.165) is 10.8 Å². The van der Waals surface area contributed by atoms with Gasteiger partial charge in [0.1, 0.15) is 11.8 Å². The molecule has 1 fully saturated rings. The molecule has 0 spiro atoms. The molecule has 2 aromatic heterocycles. The molecule has 1 unspecified atom stereocenters. The first kappa shape index (κ1) is 23.2. The molecule has 9 nitrogen and oxygen atoms in total. The molecule has 1 aliphatic rings. The van der Waals surface area contributed by atoms with Crippen LogP contribution in [-0.2, 0) is 9.59 Å². The average Bonchev–Trinajstić information content (AvgIpc) is 3.49. The van der Waals surface area contributed by atoms with Crippen LogP contribution in [0.25, 0.3) is 27.6 Å². The minimum atomic E-state index is -1.01. The maximum Gasteiger partial charge on any atom is 0.302 e. The fourth-order valence-electron chi connectivity index (χ4n) is 4.88. The third-order valence-corrected chi connectivity index (χ3v) is 6.66. The minimum Gasteiger partial charge on any atom is -0.507 e. The van der Waals surface area contributed by atoms with E-state index in [1.54, 1.807) is 48.7 Å². The van der Waals surface area contributed by atoms with Crippen LogP contribution in [0, 0.1) is 0 Å². The molecule has 1 aliphatic heterocycles. The number of hydrogen-bond acceptors (Lipinski definition) is 7. The number of imidazole rings is 1. The van der Waals surface area contributed by atoms with Crippen LogP contribution >= 0.6 is 0 Å². The highest BCUT2D eigenvalue weighted by Crippen LogP contribution is 2.42. The molecule has 5 aromatic rings. The van der Waals surface area contributed by atoms with E-state index < -0.39 is 17.7 Å². The van der Waals surface area contributed by atoms with Crippen molar-refractivity contribution in [1.29, 1.82) is 0 Å². The van der Waals surface area contributed by atoms with Crippen LogP contribution in [0.1, 0.15) is 17.3 Å². The van der Waals surface area contributed by atoms with Gasteiger partial charge in [0.25, 0.3) is 5.78 Å². The summed E-state index contributed by atoms with van der Waals surface area (Å²) in [7, 11) is 3.04. The number of carbonyl (C=O) groups excluding carboxylic acids is 2. The summed E-state index contributed by atoms with van der Waals surface area (Å²) < 4.78 is 10.8. The number of aliphatic hydroxyl groups excluding tert-OH is 1. The number of aliphatic hydroxyl groups is 1. The standard InChI is InChI=1S/C29H22N4O5/c1-37-22-14-20-21(15-23(22)38-2)32-29(31-20)33-25(19-12-5-6-13-30-19)24(27(35)28(33)36)26(34)18-11-7-9-16-8-3-4-10-17(16)18/h3-15,25,34H,1-2H3,(H,31,32)/b26-24+. The van der Waals surface area contributed by atoms with Crippen molar-refractivity contribution in [3.63, 3.8) is 0 Å². The van der Waals surface area contributed by atoms with Gasteiger partial charge in [0, 0.05) is 23.9 Å². The number of nitrogens with one attached hydrogen (secondary N) is 1. The van der Waals surface area contributed by atoms with Gasteiger partial charge in [-0.25, -0.2) is 4.98 Å². The number of aromatic amines is 1. The van der Waals surface area contributed by atoms with Crippen LogP contribution in [0.5, 0.6) is 11.5 Å². The number of amides is 1. The van der Waals surface area contributed by atoms with E-state index in [1.165, 1.54) is 19.1 Å². The van der Waals surface area contributed by atoms with Crippen molar-refractivity contribution in [3.8, 4) is 11.5 Å². The van der Waals surface area contributed by atoms with Gasteiger partial charge in [0.2, 0.25) is 5.95 Å². The van der Waals surface area contributed by atoms with Crippen LogP contribution in [0.15, 0.2) is 84.6 Å². The summed E-state index contributed by atoms with van der Waals surface area (Å²) in [6, 6.07) is 20.5. The van der Waals surface area contributed by atoms with Crippen molar-refractivity contribution in [1.82, 2.24) is 15.0 Å². The van der Waals surface area contributed by atoms with E-state index in [0.29, 0.717) is 33.8 Å². The van der Waals surface area contributed by atoms with Crippen molar-refractivity contribution in [2.45, 2.75) is 6.04 Å². The van der Waals surface area contributed by atoms with E-state index in [4.69, 9.17) is 9.47 Å². The van der Waals surface area contributed by atoms with Crippen molar-refractivity contribution in [2.75, 3.05) is 19.1 Å². The Hall–Kier alpha value is -5.18. The second kappa shape index (κ2) is 9.04. The van der Waals surface area contributed by atoms with Crippen molar-refractivity contribution in [3.05, 3.63) is 95.8 Å². The maximum absolute atomic E-state index is 13.5. The van der Waals surface area contributed by atoms with Crippen LogP contribution in [0.4, 0.5) is 5.95 Å². The lowest BCUT2D eigenvalue weighted by atomic mass is 9.95. The largest absolute Gasteiger partial charge is 0.507 e. The second-order valence-electron chi connectivity index (χ2n) is 8.74. The van der Waals surface area contributed by atoms with Crippen LogP contribution < -0.4 is 14.4 Å². The SMILES string of the molecule is COc1cc2nc(N3C(=O)C(=O)/C(=C(/O)c4cccc5ccccc45)C3c3ccccn3)[nH]c2cc1OC. The Bertz CT molecular complexity index is 1710. The molecule has 0 saturated carbocycles. The molecule has 0 radical (unpaired) electrons. The molecule has 38 heavy (non-hydrogen) atoms. The molecule has 1 atom stereocenters. The topological polar surface area (TPSA) is 118 Å². The van der Waals surface area contributed by atoms with Gasteiger partial charge < -0.3 is 19.6 Å². The van der Waals surface area contributed by atoms with Crippen LogP contribution in [0.2, 0.25) is 0 Å². The zero-order chi connectivity index (χ0) is 26.4. The Morgan fingerprint density at radius 2 is 1.68 bits per heavy atom. The summed E-state index contributed by atoms with van der Waals surface area (Å²) in [5.41, 5.74) is 1.87. The third kappa shape index (κ3) is 3.55. The molecule has 2 N–H and O–H groups in total. The van der Waals surface area contributed by atoms with Gasteiger partial charge in [-0.05, 0) is 22.9 Å². The lowest BCUT2D eigenvalue weighted by Crippen LogP contribution is -2.30. The monoisotopic (exact) mass is 506 g/mol. The molecule has 3 heterocycles. The van der Waals surface area contributed by atoms with E-state index in [1.807, 2.05) is 30.3 Å². The number of pyridine rings is 1. The molecular formula is C29H22N4O5. The highest BCUT2D eigenvalue weighted by molar-refractivity contribution is 6.51. The summed E-state index contributed by atoms with van der Waals surface area (Å²) in [5.74, 6) is -0.864. The Morgan fingerprint density at radius 1 is 0.947 bits per heavy atom. The number of aromatic nitrogens is 3. The molecule has 0 bridgehead atoms. The first-order chi connectivity index (χ1) is 18.5. The Labute approximate surface area is 217 Å². The van der Waals surface area contributed by atoms with Crippen LogP contribution in [-0.4, -0.2) is 46.0 Å². The number of benzene rings is 3. The summed E-state index contributed by atoms with van der Waals surface area (Å²) in [5, 5.41) is 13.2. The van der Waals surface area contributed by atoms with Crippen molar-refractivity contribution in [2.24, 2.45) is 0 Å². The lowest BCUT2D eigenvalue weighted by molar-refractivity contribution is -0.132. The molecule has 3 aromatic carbocycles. The number of hydrogen-bond donors (Lipinski definition) is 2. The maximum atomic E-state index is 13.5. The highest BCUT2D eigenvalue weighted by Gasteiger charge is 2.49. The number of ketones is 1. The van der Waals surface area contributed by atoms with E-state index in [2.05, 4.69) is 15.0 Å². The van der Waals surface area contributed by atoms with Gasteiger partial charge >= 0.3 is 5.91 Å². The number of rotatable bonds is 5. The molecule has 6 rings (SSSR count). The number of Topliss-reactive ketones (excluding diaryl/α,β-unsaturated/α-hetero) is 1. The summed E-state index contributed by atoms with van der Waals surface area (Å²) in [4.78, 5) is 40.4. The average molecular weight is 507 g/mol. The molecule has 0 aliphatic carbocycles. The molecule has 1 amide bonds. The zero-order valence-electron chi connectivity index (χ0n) is 20.5. The number of H-pyrrole nitrogens is 1. The number of fused-ring (bicyclic) bond motifs is 2. The van der Waals surface area contributed by atoms with Gasteiger partial charge in [0.15, 0.2) is 11.5 Å². The van der Waals surface area contributed by atoms with Crippen molar-refractivity contribution < 1.29 is 24.2 Å². The Kier molecular flexibility index (Phi) is 5.53. The van der Waals surface area contributed by atoms with Gasteiger partial charge in [-0.3, -0.25) is 19.5 Å². The third-order valence-electron chi connectivity index (χ3n) is 6.66. The number of carbonyl (C=O) groups is 2. The normalized spacial score (nSPS) is 16.9. The fourth-order valence-corrected chi connectivity index (χ4v) is 4.88. The first-order valence-electron chi connectivity index (χ1n) is 11.8. The zero-order valence-corrected chi connectivity index (χ0v) is 20.5. The predicted octanol–water partition coefficient (Wildman–Crippen LogP) is 4.75. The number of anilines is 1. The Morgan fingerprint density at radius 3 is 2.45 bits per heavy atom. The summed E-state index contributed by atoms with van der Waals surface area (Å²) in [6.45, 7) is 0. The highest BCUT2D eigenvalue weighted by atomic mass is 16.5. The van der Waals surface area contributed by atoms with E-state index in [9.17, 15) is 14.7 Å². The van der Waals surface area contributed by atoms with Crippen LogP contribution in [0.3, 0.4) is 0 Å². The number of ether oxygens (including phenoxy) is 2. The first-order valence-corrected chi connectivity index (χ1v) is 11.8. The van der Waals surface area contributed by atoms with E-state index >= 15 is 0 Å². The molecule has 1 saturated heterocycles. The predicted molar refractivity (Wildman–Crippen MR) is 142 cm³/mol. The minimum absolute atomic E-state index is 0.0688.